The number of likely N-dealkylation sites (N-methyl/N-ethyl adjacent to an activating group) is 1. The lowest BCUT2D eigenvalue weighted by molar-refractivity contribution is -0.133. The average molecular weight is 334 g/mol. The molecule has 1 rings (SSSR count). The van der Waals surface area contributed by atoms with Gasteiger partial charge in [-0.15, -0.1) is 0 Å². The maximum absolute atomic E-state index is 11.9. The van der Waals surface area contributed by atoms with Crippen molar-refractivity contribution in [3.05, 3.63) is 23.3 Å². The largest absolute Gasteiger partial charge is 0.482 e. The summed E-state index contributed by atoms with van der Waals surface area (Å²) >= 11 is 0. The monoisotopic (exact) mass is 333 g/mol. The molecule has 1 amide bonds. The Morgan fingerprint density at radius 3 is 2.38 bits per heavy atom. The van der Waals surface area contributed by atoms with Gasteiger partial charge < -0.3 is 9.64 Å². The molecule has 0 radical (unpaired) electrons. The predicted molar refractivity (Wildman–Crippen MR) is 82.4 cm³/mol. The summed E-state index contributed by atoms with van der Waals surface area (Å²) in [4.78, 5) is 13.3. The van der Waals surface area contributed by atoms with Crippen LogP contribution in [0.3, 0.4) is 0 Å². The first-order valence-corrected chi connectivity index (χ1v) is 8.79. The highest BCUT2D eigenvalue weighted by Gasteiger charge is 2.21. The van der Waals surface area contributed by atoms with Gasteiger partial charge in [-0.3, -0.25) is 4.79 Å². The number of ether oxygens (including phenoxy) is 1. The van der Waals surface area contributed by atoms with Crippen molar-refractivity contribution in [2.45, 2.75) is 38.6 Å². The summed E-state index contributed by atoms with van der Waals surface area (Å²) in [5, 5.41) is 0. The van der Waals surface area contributed by atoms with E-state index in [1.54, 1.807) is 27.0 Å². The molecule has 0 spiro atoms. The fraction of sp³-hybridized carbons (Fsp3) is 0.500. The van der Waals surface area contributed by atoms with E-state index in [0.29, 0.717) is 5.56 Å². The SMILES string of the molecule is Cc1cc(C)c(OCC(=O)N(C)C(C)C)c(S(=O)(=O)Cl)c1. The fourth-order valence-corrected chi connectivity index (χ4v) is 2.92. The standard InChI is InChI=1S/C14H20ClNO4S/c1-9(2)16(5)13(17)8-20-14-11(4)6-10(3)7-12(14)21(15,18)19/h6-7,9H,8H2,1-5H3. The molecule has 0 saturated heterocycles. The molecule has 0 aliphatic heterocycles. The molecule has 118 valence electrons. The number of rotatable bonds is 5. The zero-order valence-electron chi connectivity index (χ0n) is 12.8. The van der Waals surface area contributed by atoms with Crippen LogP contribution in [0.4, 0.5) is 0 Å². The highest BCUT2D eigenvalue weighted by molar-refractivity contribution is 8.13. The first-order chi connectivity index (χ1) is 9.54. The summed E-state index contributed by atoms with van der Waals surface area (Å²) in [7, 11) is 3.16. The van der Waals surface area contributed by atoms with Crippen LogP contribution in [0, 0.1) is 13.8 Å². The summed E-state index contributed by atoms with van der Waals surface area (Å²) < 4.78 is 28.7. The zero-order valence-corrected chi connectivity index (χ0v) is 14.4. The number of aryl methyl sites for hydroxylation is 2. The Bertz CT molecular complexity index is 641. The molecule has 0 bridgehead atoms. The summed E-state index contributed by atoms with van der Waals surface area (Å²) in [5.41, 5.74) is 1.37. The lowest BCUT2D eigenvalue weighted by Gasteiger charge is -2.22. The van der Waals surface area contributed by atoms with Crippen LogP contribution < -0.4 is 4.74 Å². The third kappa shape index (κ3) is 4.61. The van der Waals surface area contributed by atoms with Crippen molar-refractivity contribution in [2.75, 3.05) is 13.7 Å². The van der Waals surface area contributed by atoms with Crippen LogP contribution in [0.2, 0.25) is 0 Å². The van der Waals surface area contributed by atoms with Gasteiger partial charge in [0, 0.05) is 23.8 Å². The van der Waals surface area contributed by atoms with E-state index in [-0.39, 0.29) is 29.2 Å². The molecule has 0 atom stereocenters. The molecule has 1 aromatic carbocycles. The van der Waals surface area contributed by atoms with Crippen LogP contribution in [-0.2, 0) is 13.8 Å². The Labute approximate surface area is 130 Å². The van der Waals surface area contributed by atoms with Crippen molar-refractivity contribution < 1.29 is 17.9 Å². The van der Waals surface area contributed by atoms with E-state index in [1.165, 1.54) is 11.0 Å². The van der Waals surface area contributed by atoms with Gasteiger partial charge >= 0.3 is 0 Å². The predicted octanol–water partition coefficient (Wildman–Crippen LogP) is 2.48. The minimum atomic E-state index is -3.94. The van der Waals surface area contributed by atoms with Crippen LogP contribution in [0.1, 0.15) is 25.0 Å². The molecular weight excluding hydrogens is 314 g/mol. The Kier molecular flexibility index (Phi) is 5.64. The zero-order chi connectivity index (χ0) is 16.4. The van der Waals surface area contributed by atoms with Gasteiger partial charge in [0.2, 0.25) is 0 Å². The van der Waals surface area contributed by atoms with Gasteiger partial charge in [0.1, 0.15) is 10.6 Å². The third-order valence-corrected chi connectivity index (χ3v) is 4.48. The second-order valence-corrected chi connectivity index (χ2v) is 7.77. The van der Waals surface area contributed by atoms with Gasteiger partial charge in [-0.25, -0.2) is 8.42 Å². The number of carbonyl (C=O) groups excluding carboxylic acids is 1. The maximum Gasteiger partial charge on any atom is 0.265 e. The second-order valence-electron chi connectivity index (χ2n) is 5.23. The van der Waals surface area contributed by atoms with E-state index in [9.17, 15) is 13.2 Å². The molecule has 0 heterocycles. The van der Waals surface area contributed by atoms with E-state index in [1.807, 2.05) is 13.8 Å². The van der Waals surface area contributed by atoms with E-state index in [2.05, 4.69) is 0 Å². The van der Waals surface area contributed by atoms with E-state index < -0.39 is 9.05 Å². The highest BCUT2D eigenvalue weighted by atomic mass is 35.7. The van der Waals surface area contributed by atoms with E-state index >= 15 is 0 Å². The number of hydrogen-bond acceptors (Lipinski definition) is 4. The number of nitrogens with zero attached hydrogens (tertiary/aromatic N) is 1. The summed E-state index contributed by atoms with van der Waals surface area (Å²) in [5.74, 6) is -0.107. The molecule has 0 saturated carbocycles. The van der Waals surface area contributed by atoms with Crippen molar-refractivity contribution in [1.82, 2.24) is 4.90 Å². The molecule has 21 heavy (non-hydrogen) atoms. The number of hydrogen-bond donors (Lipinski definition) is 0. The molecule has 0 unspecified atom stereocenters. The highest BCUT2D eigenvalue weighted by Crippen LogP contribution is 2.31. The molecular formula is C14H20ClNO4S. The Morgan fingerprint density at radius 2 is 1.90 bits per heavy atom. The maximum atomic E-state index is 11.9. The van der Waals surface area contributed by atoms with Crippen molar-refractivity contribution in [3.8, 4) is 5.75 Å². The molecule has 0 aliphatic carbocycles. The van der Waals surface area contributed by atoms with Crippen molar-refractivity contribution in [1.29, 1.82) is 0 Å². The number of amides is 1. The van der Waals surface area contributed by atoms with E-state index in [4.69, 9.17) is 15.4 Å². The van der Waals surface area contributed by atoms with Crippen LogP contribution in [0.15, 0.2) is 17.0 Å². The number of benzene rings is 1. The summed E-state index contributed by atoms with van der Waals surface area (Å²) in [6.07, 6.45) is 0. The Morgan fingerprint density at radius 1 is 1.33 bits per heavy atom. The quantitative estimate of drug-likeness (QED) is 0.776. The van der Waals surface area contributed by atoms with Crippen LogP contribution >= 0.6 is 10.7 Å². The molecule has 0 N–H and O–H groups in total. The lowest BCUT2D eigenvalue weighted by atomic mass is 10.1. The smallest absolute Gasteiger partial charge is 0.265 e. The molecule has 5 nitrogen and oxygen atoms in total. The Hall–Kier alpha value is -1.27. The molecule has 1 aromatic rings. The molecule has 0 aliphatic rings. The summed E-state index contributed by atoms with van der Waals surface area (Å²) in [6.45, 7) is 7.00. The minimum absolute atomic E-state index is 0.0384. The van der Waals surface area contributed by atoms with Crippen molar-refractivity contribution in [2.24, 2.45) is 0 Å². The molecule has 0 aromatic heterocycles. The van der Waals surface area contributed by atoms with Gasteiger partial charge in [-0.05, 0) is 44.9 Å². The normalized spacial score (nSPS) is 11.6. The topological polar surface area (TPSA) is 63.7 Å². The first kappa shape index (κ1) is 17.8. The van der Waals surface area contributed by atoms with Crippen LogP contribution in [0.5, 0.6) is 5.75 Å². The van der Waals surface area contributed by atoms with Crippen molar-refractivity contribution >= 4 is 25.6 Å². The second kappa shape index (κ2) is 6.66. The number of carbonyl (C=O) groups is 1. The van der Waals surface area contributed by atoms with Gasteiger partial charge in [-0.1, -0.05) is 6.07 Å². The molecule has 7 heteroatoms. The Balaban J connectivity index is 3.07. The third-order valence-electron chi connectivity index (χ3n) is 3.16. The first-order valence-electron chi connectivity index (χ1n) is 6.48. The van der Waals surface area contributed by atoms with Crippen LogP contribution in [-0.4, -0.2) is 38.9 Å². The molecule has 0 fully saturated rings. The van der Waals surface area contributed by atoms with Crippen LogP contribution in [0.25, 0.3) is 0 Å². The summed E-state index contributed by atoms with van der Waals surface area (Å²) in [6, 6.07) is 3.25. The van der Waals surface area contributed by atoms with E-state index in [0.717, 1.165) is 5.56 Å². The lowest BCUT2D eigenvalue weighted by Crippen LogP contribution is -2.36. The van der Waals surface area contributed by atoms with Gasteiger partial charge in [-0.2, -0.15) is 0 Å². The fourth-order valence-electron chi connectivity index (χ4n) is 1.81. The number of halogens is 1. The van der Waals surface area contributed by atoms with Gasteiger partial charge in [0.05, 0.1) is 0 Å². The van der Waals surface area contributed by atoms with Crippen molar-refractivity contribution in [3.63, 3.8) is 0 Å². The minimum Gasteiger partial charge on any atom is -0.482 e. The average Bonchev–Trinajstić information content (AvgIpc) is 2.34. The van der Waals surface area contributed by atoms with Gasteiger partial charge in [0.25, 0.3) is 15.0 Å². The van der Waals surface area contributed by atoms with Gasteiger partial charge in [0.15, 0.2) is 6.61 Å².